The first-order valence-electron chi connectivity index (χ1n) is 15.6. The van der Waals surface area contributed by atoms with Crippen LogP contribution in [-0.4, -0.2) is 78.3 Å². The van der Waals surface area contributed by atoms with Gasteiger partial charge in [-0.25, -0.2) is 9.97 Å². The summed E-state index contributed by atoms with van der Waals surface area (Å²) < 4.78 is 3.91. The van der Waals surface area contributed by atoms with Crippen molar-refractivity contribution in [2.24, 2.45) is 0 Å². The third-order valence-corrected chi connectivity index (χ3v) is 10.9. The van der Waals surface area contributed by atoms with Crippen LogP contribution in [0.3, 0.4) is 0 Å². The van der Waals surface area contributed by atoms with Crippen molar-refractivity contribution in [3.8, 4) is 0 Å². The van der Waals surface area contributed by atoms with Crippen LogP contribution < -0.4 is 21.8 Å². The first-order chi connectivity index (χ1) is 22.9. The van der Waals surface area contributed by atoms with Gasteiger partial charge < -0.3 is 28.3 Å². The molecule has 2 saturated heterocycles. The number of halogens is 4. The minimum Gasteiger partial charge on any atom is -0.391 e. The molecule has 264 valence electrons. The molecule has 4 heterocycles. The van der Waals surface area contributed by atoms with E-state index in [-0.39, 0.29) is 68.1 Å². The van der Waals surface area contributed by atoms with Crippen LogP contribution in [0.2, 0.25) is 10.0 Å². The second kappa shape index (κ2) is 17.6. The topological polar surface area (TPSA) is 173 Å². The molecule has 16 heteroatoms. The number of Topliss-reactive ketones (excluding diaryl/α,β-unsaturated/α-hetero) is 2. The lowest BCUT2D eigenvalue weighted by Gasteiger charge is -2.28. The van der Waals surface area contributed by atoms with Gasteiger partial charge in [0.1, 0.15) is 12.1 Å². The Labute approximate surface area is 309 Å². The van der Waals surface area contributed by atoms with Gasteiger partial charge in [0.25, 0.3) is 11.1 Å². The van der Waals surface area contributed by atoms with Crippen LogP contribution in [0.5, 0.6) is 0 Å². The summed E-state index contributed by atoms with van der Waals surface area (Å²) >= 11 is 18.7. The molecule has 4 atom stereocenters. The molecule has 2 aromatic heterocycles. The van der Waals surface area contributed by atoms with Crippen LogP contribution >= 0.6 is 55.1 Å². The Morgan fingerprint density at radius 3 is 1.86 bits per heavy atom. The maximum atomic E-state index is 12.5. The van der Waals surface area contributed by atoms with E-state index in [0.29, 0.717) is 47.2 Å². The van der Waals surface area contributed by atoms with Crippen LogP contribution in [0.4, 0.5) is 0 Å². The van der Waals surface area contributed by atoms with Crippen molar-refractivity contribution in [3.63, 3.8) is 0 Å². The van der Waals surface area contributed by atoms with Crippen LogP contribution in [0.1, 0.15) is 38.5 Å². The number of ketones is 2. The van der Waals surface area contributed by atoms with Crippen LogP contribution in [0.25, 0.3) is 21.8 Å². The summed E-state index contributed by atoms with van der Waals surface area (Å²) in [5.74, 6) is -0.219. The quantitative estimate of drug-likeness (QED) is 0.195. The van der Waals surface area contributed by atoms with E-state index in [1.165, 1.54) is 21.8 Å². The fraction of sp³-hybridized carbons (Fsp3) is 0.424. The molecule has 0 amide bonds. The number of aromatic nitrogens is 4. The number of aliphatic hydroxyl groups is 2. The lowest BCUT2D eigenvalue weighted by Crippen LogP contribution is -2.94. The molecule has 4 aromatic rings. The van der Waals surface area contributed by atoms with Crippen molar-refractivity contribution in [1.82, 2.24) is 24.4 Å². The molecule has 0 saturated carbocycles. The standard InChI is InChI=1S/2C16H17BrClN3O3.CH3/c2*17-11-6-13-10(5-12(11)18)16(24)21(8-20-13)7-9(22)4-14-15(23)2-1-3-19-14;/h2*5-6,8,14-15,19,23H,1-4,7H2;1H3/q;;-1/p+1. The van der Waals surface area contributed by atoms with Gasteiger partial charge in [-0.15, -0.1) is 0 Å². The SMILES string of the molecule is O=C(CC1NCCCC1O)Cn1cnc2cc(Br)c(Cl)cc2c1=O.O=C(CC1[NH2+]CCCC1O)Cn1cnc2cc(Br)c(Cl)cc2c1=O.[CH3-]. The largest absolute Gasteiger partial charge is 0.391 e. The van der Waals surface area contributed by atoms with E-state index in [4.69, 9.17) is 23.2 Å². The highest BCUT2D eigenvalue weighted by molar-refractivity contribution is 9.10. The summed E-state index contributed by atoms with van der Waals surface area (Å²) in [7, 11) is 0. The Balaban J connectivity index is 0.000000216. The van der Waals surface area contributed by atoms with Gasteiger partial charge in [-0.05, 0) is 88.4 Å². The van der Waals surface area contributed by atoms with E-state index >= 15 is 0 Å². The highest BCUT2D eigenvalue weighted by Crippen LogP contribution is 2.26. The molecular formula is C33H38Br2Cl2N6O6. The Hall–Kier alpha value is -2.56. The normalized spacial score (nSPS) is 20.7. The summed E-state index contributed by atoms with van der Waals surface area (Å²) in [6, 6.07) is 6.08. The summed E-state index contributed by atoms with van der Waals surface area (Å²) in [4.78, 5) is 58.0. The summed E-state index contributed by atoms with van der Waals surface area (Å²) in [6.45, 7) is 1.59. The maximum Gasteiger partial charge on any atom is 0.261 e. The molecule has 0 radical (unpaired) electrons. The number of benzene rings is 2. The number of rotatable bonds is 8. The van der Waals surface area contributed by atoms with Crippen molar-refractivity contribution >= 4 is 88.4 Å². The summed E-state index contributed by atoms with van der Waals surface area (Å²) in [5.41, 5.74) is 0.441. The van der Waals surface area contributed by atoms with Gasteiger partial charge in [0.15, 0.2) is 11.6 Å². The summed E-state index contributed by atoms with van der Waals surface area (Å²) in [5, 5.41) is 26.6. The second-order valence-corrected chi connectivity index (χ2v) is 14.6. The first kappa shape index (κ1) is 39.2. The van der Waals surface area contributed by atoms with Crippen molar-refractivity contribution in [2.75, 3.05) is 13.1 Å². The average Bonchev–Trinajstić information content (AvgIpc) is 3.05. The number of nitrogens with two attached hydrogens (primary N) is 1. The molecule has 49 heavy (non-hydrogen) atoms. The molecule has 12 nitrogen and oxygen atoms in total. The van der Waals surface area contributed by atoms with Gasteiger partial charge >= 0.3 is 0 Å². The van der Waals surface area contributed by atoms with Crippen molar-refractivity contribution in [1.29, 1.82) is 0 Å². The average molecular weight is 845 g/mol. The molecule has 0 aliphatic carbocycles. The van der Waals surface area contributed by atoms with E-state index in [0.717, 1.165) is 32.4 Å². The molecule has 2 aliphatic rings. The van der Waals surface area contributed by atoms with Gasteiger partial charge in [0, 0.05) is 21.4 Å². The lowest BCUT2D eigenvalue weighted by atomic mass is 9.97. The monoisotopic (exact) mass is 842 g/mol. The highest BCUT2D eigenvalue weighted by atomic mass is 79.9. The fourth-order valence-corrected chi connectivity index (χ4v) is 6.93. The number of nitrogens with one attached hydrogen (secondary N) is 1. The lowest BCUT2D eigenvalue weighted by molar-refractivity contribution is -0.704. The number of nitrogens with zero attached hydrogens (tertiary/aromatic N) is 4. The molecule has 2 fully saturated rings. The number of carbonyl (C=O) groups is 2. The predicted molar refractivity (Wildman–Crippen MR) is 196 cm³/mol. The minimum atomic E-state index is -0.523. The number of aliphatic hydroxyl groups excluding tert-OH is 2. The third kappa shape index (κ3) is 9.82. The Bertz CT molecular complexity index is 1820. The number of hydrogen-bond donors (Lipinski definition) is 4. The third-order valence-electron chi connectivity index (χ3n) is 8.55. The van der Waals surface area contributed by atoms with Gasteiger partial charge in [0.2, 0.25) is 0 Å². The molecule has 0 bridgehead atoms. The van der Waals surface area contributed by atoms with E-state index in [1.807, 2.05) is 5.32 Å². The van der Waals surface area contributed by atoms with E-state index in [9.17, 15) is 29.4 Å². The zero-order valence-electron chi connectivity index (χ0n) is 26.8. The molecule has 0 spiro atoms. The number of fused-ring (bicyclic) bond motifs is 2. The van der Waals surface area contributed by atoms with Crippen LogP contribution in [-0.2, 0) is 22.7 Å². The van der Waals surface area contributed by atoms with Gasteiger partial charge in [-0.2, -0.15) is 0 Å². The molecule has 2 aromatic carbocycles. The van der Waals surface area contributed by atoms with Crippen molar-refractivity contribution in [2.45, 2.75) is 75.9 Å². The van der Waals surface area contributed by atoms with Gasteiger partial charge in [0.05, 0.1) is 76.7 Å². The number of hydrogen-bond acceptors (Lipinski definition) is 9. The molecule has 2 aliphatic heterocycles. The Kier molecular flexibility index (Phi) is 14.1. The molecular weight excluding hydrogens is 807 g/mol. The maximum absolute atomic E-state index is 12.5. The van der Waals surface area contributed by atoms with Gasteiger partial charge in [-0.3, -0.25) is 28.3 Å². The van der Waals surface area contributed by atoms with Crippen LogP contribution in [0.15, 0.2) is 55.5 Å². The molecule has 5 N–H and O–H groups in total. The number of piperidine rings is 2. The number of carbonyl (C=O) groups excluding carboxylic acids is 2. The number of quaternary nitrogens is 1. The van der Waals surface area contributed by atoms with E-state index in [1.54, 1.807) is 24.3 Å². The summed E-state index contributed by atoms with van der Waals surface area (Å²) in [6.07, 6.45) is 5.45. The first-order valence-corrected chi connectivity index (χ1v) is 17.9. The van der Waals surface area contributed by atoms with E-state index < -0.39 is 12.2 Å². The van der Waals surface area contributed by atoms with Crippen molar-refractivity contribution < 1.29 is 25.1 Å². The second-order valence-electron chi connectivity index (χ2n) is 12.1. The molecule has 4 unspecified atom stereocenters. The molecule has 6 rings (SSSR count). The Morgan fingerprint density at radius 2 is 1.35 bits per heavy atom. The zero-order valence-corrected chi connectivity index (χ0v) is 31.4. The zero-order chi connectivity index (χ0) is 34.5. The van der Waals surface area contributed by atoms with Crippen LogP contribution in [0, 0.1) is 7.43 Å². The predicted octanol–water partition coefficient (Wildman–Crippen LogP) is 3.19. The van der Waals surface area contributed by atoms with Gasteiger partial charge in [-0.1, -0.05) is 23.2 Å². The van der Waals surface area contributed by atoms with E-state index in [2.05, 4.69) is 47.1 Å². The Morgan fingerprint density at radius 1 is 0.837 bits per heavy atom. The smallest absolute Gasteiger partial charge is 0.261 e. The minimum absolute atomic E-state index is 0. The fourth-order valence-electron chi connectivity index (χ4n) is 5.94. The van der Waals surface area contributed by atoms with Crippen molar-refractivity contribution in [3.05, 3.63) is 84.0 Å². The highest BCUT2D eigenvalue weighted by Gasteiger charge is 2.29.